The molecule has 1 nitrogen and oxygen atoms in total. The van der Waals surface area contributed by atoms with Crippen LogP contribution in [0.5, 0.6) is 0 Å². The summed E-state index contributed by atoms with van der Waals surface area (Å²) in [6.45, 7) is 4.53. The van der Waals surface area contributed by atoms with Gasteiger partial charge in [-0.2, -0.15) is 0 Å². The highest BCUT2D eigenvalue weighted by molar-refractivity contribution is 6.25. The third-order valence-electron chi connectivity index (χ3n) is 8.35. The van der Waals surface area contributed by atoms with Crippen LogP contribution in [-0.2, 0) is 0 Å². The summed E-state index contributed by atoms with van der Waals surface area (Å²) in [4.78, 5) is 2.53. The maximum Gasteiger partial charge on any atom is 0.0470 e. The number of likely N-dealkylation sites (N-methyl/N-ethyl adjacent to an activating group) is 1. The van der Waals surface area contributed by atoms with Crippen molar-refractivity contribution in [1.82, 2.24) is 0 Å². The maximum absolute atomic E-state index is 2.53. The number of rotatable bonds is 10. The van der Waals surface area contributed by atoms with Crippen molar-refractivity contribution < 1.29 is 0 Å². The van der Waals surface area contributed by atoms with Crippen LogP contribution in [-0.4, -0.2) is 13.1 Å². The standard InChI is InChI=1S/C33H41N/c1-4-5-6-7-8-9-10-11-25-13-19-28(20-14-25)34(3)31-23-18-27-16-21-29-24(2)12-15-26-17-22-30(31)33(27)32(26)29/h12-13,15-19,21-23,25,28H,4-11,14,20H2,1-3H3. The Morgan fingerprint density at radius 1 is 0.706 bits per heavy atom. The molecule has 0 saturated heterocycles. The van der Waals surface area contributed by atoms with Gasteiger partial charge < -0.3 is 4.90 Å². The van der Waals surface area contributed by atoms with Crippen LogP contribution in [0.25, 0.3) is 32.3 Å². The first kappa shape index (κ1) is 23.2. The Morgan fingerprint density at radius 2 is 1.35 bits per heavy atom. The van der Waals surface area contributed by atoms with Crippen LogP contribution in [0, 0.1) is 12.8 Å². The van der Waals surface area contributed by atoms with Crippen molar-refractivity contribution in [2.45, 2.75) is 84.1 Å². The molecule has 4 aromatic rings. The lowest BCUT2D eigenvalue weighted by atomic mass is 9.87. The molecule has 0 aromatic heterocycles. The number of aryl methyl sites for hydroxylation is 1. The van der Waals surface area contributed by atoms with E-state index in [0.717, 1.165) is 5.92 Å². The van der Waals surface area contributed by atoms with E-state index in [2.05, 4.69) is 86.5 Å². The molecule has 2 unspecified atom stereocenters. The molecule has 1 aliphatic rings. The van der Waals surface area contributed by atoms with E-state index in [-0.39, 0.29) is 0 Å². The van der Waals surface area contributed by atoms with Gasteiger partial charge in [-0.1, -0.05) is 106 Å². The van der Waals surface area contributed by atoms with Crippen LogP contribution in [0.15, 0.2) is 60.7 Å². The fraction of sp³-hybridized carbons (Fsp3) is 0.455. The number of anilines is 1. The van der Waals surface area contributed by atoms with Crippen LogP contribution < -0.4 is 4.90 Å². The van der Waals surface area contributed by atoms with E-state index in [9.17, 15) is 0 Å². The molecule has 0 aliphatic heterocycles. The molecule has 5 rings (SSSR count). The minimum atomic E-state index is 0.491. The predicted octanol–water partition coefficient (Wildman–Crippen LogP) is 9.80. The minimum Gasteiger partial charge on any atom is -0.368 e. The molecule has 0 heterocycles. The van der Waals surface area contributed by atoms with Gasteiger partial charge in [-0.3, -0.25) is 0 Å². The van der Waals surface area contributed by atoms with Gasteiger partial charge in [-0.15, -0.1) is 0 Å². The van der Waals surface area contributed by atoms with Crippen molar-refractivity contribution in [3.05, 3.63) is 66.2 Å². The molecule has 1 heteroatoms. The normalized spacial score (nSPS) is 18.4. The SMILES string of the molecule is CCCCCCCCCC1C=CC(N(C)c2ccc3ccc4c(C)ccc5ccc2c3c54)CC1. The summed E-state index contributed by atoms with van der Waals surface area (Å²) >= 11 is 0. The number of benzene rings is 4. The van der Waals surface area contributed by atoms with Gasteiger partial charge in [-0.05, 0) is 70.7 Å². The number of allylic oxidation sites excluding steroid dienone is 1. The smallest absolute Gasteiger partial charge is 0.0470 e. The fourth-order valence-corrected chi connectivity index (χ4v) is 6.21. The van der Waals surface area contributed by atoms with Gasteiger partial charge in [0.2, 0.25) is 0 Å². The number of hydrogen-bond donors (Lipinski definition) is 0. The van der Waals surface area contributed by atoms with Crippen LogP contribution >= 0.6 is 0 Å². The van der Waals surface area contributed by atoms with Crippen LogP contribution in [0.1, 0.15) is 76.7 Å². The van der Waals surface area contributed by atoms with Crippen LogP contribution in [0.4, 0.5) is 5.69 Å². The van der Waals surface area contributed by atoms with Gasteiger partial charge in [0.1, 0.15) is 0 Å². The van der Waals surface area contributed by atoms with E-state index >= 15 is 0 Å². The summed E-state index contributed by atoms with van der Waals surface area (Å²) in [5.74, 6) is 0.782. The zero-order chi connectivity index (χ0) is 23.5. The highest BCUT2D eigenvalue weighted by Crippen LogP contribution is 2.40. The minimum absolute atomic E-state index is 0.491. The Labute approximate surface area is 206 Å². The van der Waals surface area contributed by atoms with E-state index in [1.54, 1.807) is 0 Å². The average molecular weight is 452 g/mol. The van der Waals surface area contributed by atoms with Crippen molar-refractivity contribution in [3.63, 3.8) is 0 Å². The summed E-state index contributed by atoms with van der Waals surface area (Å²) in [6, 6.07) is 19.0. The zero-order valence-electron chi connectivity index (χ0n) is 21.4. The lowest BCUT2D eigenvalue weighted by molar-refractivity contribution is 0.448. The lowest BCUT2D eigenvalue weighted by Crippen LogP contribution is -2.32. The Morgan fingerprint density at radius 3 is 2.09 bits per heavy atom. The second-order valence-corrected chi connectivity index (χ2v) is 10.7. The van der Waals surface area contributed by atoms with Gasteiger partial charge in [0, 0.05) is 24.2 Å². The van der Waals surface area contributed by atoms with Crippen molar-refractivity contribution >= 4 is 38.0 Å². The summed E-state index contributed by atoms with van der Waals surface area (Å²) in [6.07, 6.45) is 18.8. The second-order valence-electron chi connectivity index (χ2n) is 10.7. The Kier molecular flexibility index (Phi) is 7.09. The highest BCUT2D eigenvalue weighted by Gasteiger charge is 2.21. The maximum atomic E-state index is 2.53. The fourth-order valence-electron chi connectivity index (χ4n) is 6.21. The number of hydrogen-bond acceptors (Lipinski definition) is 1. The molecular weight excluding hydrogens is 410 g/mol. The number of nitrogens with zero attached hydrogens (tertiary/aromatic N) is 1. The summed E-state index contributed by atoms with van der Waals surface area (Å²) < 4.78 is 0. The van der Waals surface area contributed by atoms with Crippen molar-refractivity contribution in [3.8, 4) is 0 Å². The van der Waals surface area contributed by atoms with E-state index in [0.29, 0.717) is 6.04 Å². The molecule has 2 atom stereocenters. The molecule has 0 bridgehead atoms. The molecule has 0 radical (unpaired) electrons. The predicted molar refractivity (Wildman–Crippen MR) is 152 cm³/mol. The summed E-state index contributed by atoms with van der Waals surface area (Å²) in [7, 11) is 2.29. The lowest BCUT2D eigenvalue weighted by Gasteiger charge is -2.33. The zero-order valence-corrected chi connectivity index (χ0v) is 21.4. The van der Waals surface area contributed by atoms with Crippen molar-refractivity contribution in [2.75, 3.05) is 11.9 Å². The van der Waals surface area contributed by atoms with E-state index < -0.39 is 0 Å². The van der Waals surface area contributed by atoms with Crippen molar-refractivity contribution in [2.24, 2.45) is 5.92 Å². The number of unbranched alkanes of at least 4 members (excludes halogenated alkanes) is 6. The van der Waals surface area contributed by atoms with Crippen molar-refractivity contribution in [1.29, 1.82) is 0 Å². The first-order valence-electron chi connectivity index (χ1n) is 13.8. The van der Waals surface area contributed by atoms with Gasteiger partial charge in [-0.25, -0.2) is 0 Å². The molecule has 0 amide bonds. The van der Waals surface area contributed by atoms with Crippen LogP contribution in [0.3, 0.4) is 0 Å². The topological polar surface area (TPSA) is 3.24 Å². The largest absolute Gasteiger partial charge is 0.368 e. The van der Waals surface area contributed by atoms with Gasteiger partial charge in [0.25, 0.3) is 0 Å². The average Bonchev–Trinajstić information content (AvgIpc) is 2.87. The van der Waals surface area contributed by atoms with Gasteiger partial charge in [0.05, 0.1) is 0 Å². The first-order valence-corrected chi connectivity index (χ1v) is 13.8. The van der Waals surface area contributed by atoms with E-state index in [1.807, 2.05) is 0 Å². The highest BCUT2D eigenvalue weighted by atomic mass is 15.1. The molecule has 178 valence electrons. The van der Waals surface area contributed by atoms with Crippen LogP contribution in [0.2, 0.25) is 0 Å². The molecule has 34 heavy (non-hydrogen) atoms. The monoisotopic (exact) mass is 451 g/mol. The molecule has 4 aromatic carbocycles. The molecule has 0 N–H and O–H groups in total. The molecule has 0 fully saturated rings. The molecule has 0 saturated carbocycles. The van der Waals surface area contributed by atoms with Gasteiger partial charge in [0.15, 0.2) is 0 Å². The Bertz CT molecular complexity index is 1270. The van der Waals surface area contributed by atoms with Gasteiger partial charge >= 0.3 is 0 Å². The molecule has 1 aliphatic carbocycles. The molecule has 0 spiro atoms. The van der Waals surface area contributed by atoms with E-state index in [1.165, 1.54) is 108 Å². The molecular formula is C33H41N. The summed E-state index contributed by atoms with van der Waals surface area (Å²) in [5, 5.41) is 8.34. The first-order chi connectivity index (χ1) is 16.7. The summed E-state index contributed by atoms with van der Waals surface area (Å²) in [5.41, 5.74) is 2.73. The quantitative estimate of drug-likeness (QED) is 0.132. The third kappa shape index (κ3) is 4.54. The second kappa shape index (κ2) is 10.4. The Hall–Kier alpha value is -2.54. The van der Waals surface area contributed by atoms with E-state index in [4.69, 9.17) is 0 Å². The Balaban J connectivity index is 1.30. The third-order valence-corrected chi connectivity index (χ3v) is 8.35.